The molecule has 12 heavy (non-hydrogen) atoms. The van der Waals surface area contributed by atoms with Crippen LogP contribution < -0.4 is 0 Å². The van der Waals surface area contributed by atoms with Crippen molar-refractivity contribution in [3.8, 4) is 6.07 Å². The molecule has 0 unspecified atom stereocenters. The Hall–Kier alpha value is -0.630. The minimum Gasteiger partial charge on any atom is -0.391 e. The van der Waals surface area contributed by atoms with Gasteiger partial charge in [-0.2, -0.15) is 5.26 Å². The van der Waals surface area contributed by atoms with Crippen LogP contribution in [0, 0.1) is 11.3 Å². The van der Waals surface area contributed by atoms with Gasteiger partial charge in [-0.25, -0.2) is 0 Å². The van der Waals surface area contributed by atoms with Crippen LogP contribution in [0.2, 0.25) is 0 Å². The fraction of sp³-hybridized carbons (Fsp3) is 0.875. The van der Waals surface area contributed by atoms with Gasteiger partial charge >= 0.3 is 0 Å². The van der Waals surface area contributed by atoms with E-state index in [1.165, 1.54) is 0 Å². The number of hydrogen-bond acceptors (Lipinski definition) is 3. The molecule has 0 bridgehead atoms. The van der Waals surface area contributed by atoms with Gasteiger partial charge in [-0.3, -0.25) is 0 Å². The summed E-state index contributed by atoms with van der Waals surface area (Å²) in [4.78, 5) is 0. The minimum absolute atomic E-state index is 0.0991. The number of nitriles is 1. The van der Waals surface area contributed by atoms with E-state index in [9.17, 15) is 0 Å². The Labute approximate surface area is 73.2 Å². The molecule has 0 atom stereocenters. The summed E-state index contributed by atoms with van der Waals surface area (Å²) in [5.74, 6) is 0. The maximum absolute atomic E-state index is 8.75. The second kappa shape index (κ2) is 5.95. The number of likely N-dealkylation sites (N-methyl/N-ethyl adjacent to an activating group) is 1. The molecule has 0 aromatic rings. The lowest BCUT2D eigenvalue weighted by molar-refractivity contribution is -0.909. The van der Waals surface area contributed by atoms with Gasteiger partial charge in [-0.15, -0.1) is 0 Å². The number of quaternary nitrogens is 1. The summed E-state index contributed by atoms with van der Waals surface area (Å²) >= 11 is 0. The molecule has 0 aliphatic carbocycles. The third-order valence-electron chi connectivity index (χ3n) is 2.04. The standard InChI is InChI=1S/C8H17N2O2/c1-10(5-7-11,6-8-12)4-2-3-9/h11-12H,2,4-8H2,1H3/q+1. The van der Waals surface area contributed by atoms with E-state index in [2.05, 4.69) is 6.07 Å². The first-order valence-corrected chi connectivity index (χ1v) is 4.11. The molecular weight excluding hydrogens is 156 g/mol. The highest BCUT2D eigenvalue weighted by molar-refractivity contribution is 4.67. The van der Waals surface area contributed by atoms with Crippen molar-refractivity contribution in [2.45, 2.75) is 6.42 Å². The van der Waals surface area contributed by atoms with Crippen molar-refractivity contribution in [1.29, 1.82) is 5.26 Å². The molecule has 0 saturated carbocycles. The molecule has 0 rings (SSSR count). The third-order valence-corrected chi connectivity index (χ3v) is 2.04. The SMILES string of the molecule is C[N+](CCO)(CCO)CCC#N. The maximum atomic E-state index is 8.75. The van der Waals surface area contributed by atoms with Crippen LogP contribution in [0.3, 0.4) is 0 Å². The summed E-state index contributed by atoms with van der Waals surface area (Å²) in [5, 5.41) is 25.9. The fourth-order valence-electron chi connectivity index (χ4n) is 1.14. The fourth-order valence-corrected chi connectivity index (χ4v) is 1.14. The molecule has 4 heteroatoms. The number of aliphatic hydroxyl groups is 2. The van der Waals surface area contributed by atoms with Crippen molar-refractivity contribution in [2.24, 2.45) is 0 Å². The first-order chi connectivity index (χ1) is 5.68. The first-order valence-electron chi connectivity index (χ1n) is 4.11. The van der Waals surface area contributed by atoms with Gasteiger partial charge in [-0.05, 0) is 0 Å². The summed E-state index contributed by atoms with van der Waals surface area (Å²) < 4.78 is 0.570. The molecule has 0 amide bonds. The quantitative estimate of drug-likeness (QED) is 0.524. The van der Waals surface area contributed by atoms with Crippen LogP contribution in [-0.2, 0) is 0 Å². The molecule has 0 aliphatic rings. The largest absolute Gasteiger partial charge is 0.391 e. The van der Waals surface area contributed by atoms with Crippen molar-refractivity contribution >= 4 is 0 Å². The lowest BCUT2D eigenvalue weighted by Gasteiger charge is -2.32. The van der Waals surface area contributed by atoms with E-state index < -0.39 is 0 Å². The molecule has 0 aromatic heterocycles. The van der Waals surface area contributed by atoms with Crippen LogP contribution in [0.1, 0.15) is 6.42 Å². The van der Waals surface area contributed by atoms with E-state index in [1.54, 1.807) is 0 Å². The molecular formula is C8H17N2O2+. The molecule has 0 aliphatic heterocycles. The minimum atomic E-state index is 0.0991. The van der Waals surface area contributed by atoms with Gasteiger partial charge in [0.25, 0.3) is 0 Å². The number of aliphatic hydroxyl groups excluding tert-OH is 2. The summed E-state index contributed by atoms with van der Waals surface area (Å²) in [6.45, 7) is 2.09. The lowest BCUT2D eigenvalue weighted by atomic mass is 10.3. The Morgan fingerprint density at radius 3 is 2.00 bits per heavy atom. The van der Waals surface area contributed by atoms with Crippen molar-refractivity contribution < 1.29 is 14.7 Å². The molecule has 0 spiro atoms. The average Bonchev–Trinajstić information content (AvgIpc) is 2.02. The van der Waals surface area contributed by atoms with E-state index in [4.69, 9.17) is 15.5 Å². The number of nitrogens with zero attached hydrogens (tertiary/aromatic N) is 2. The zero-order valence-electron chi connectivity index (χ0n) is 7.53. The van der Waals surface area contributed by atoms with Crippen molar-refractivity contribution in [2.75, 3.05) is 39.9 Å². The maximum Gasteiger partial charge on any atom is 0.102 e. The Balaban J connectivity index is 3.90. The van der Waals surface area contributed by atoms with Crippen LogP contribution in [0.4, 0.5) is 0 Å². The Morgan fingerprint density at radius 2 is 1.67 bits per heavy atom. The predicted molar refractivity (Wildman–Crippen MR) is 45.2 cm³/mol. The normalized spacial score (nSPS) is 11.2. The van der Waals surface area contributed by atoms with Crippen LogP contribution in [0.25, 0.3) is 0 Å². The van der Waals surface area contributed by atoms with E-state index in [1.807, 2.05) is 7.05 Å². The Bertz CT molecular complexity index is 148. The smallest absolute Gasteiger partial charge is 0.102 e. The number of hydrogen-bond donors (Lipinski definition) is 2. The number of rotatable bonds is 6. The summed E-state index contributed by atoms with van der Waals surface area (Å²) in [6.07, 6.45) is 0.469. The summed E-state index contributed by atoms with van der Waals surface area (Å²) in [7, 11) is 1.93. The van der Waals surface area contributed by atoms with Crippen molar-refractivity contribution in [1.82, 2.24) is 0 Å². The van der Waals surface area contributed by atoms with Crippen LogP contribution in [0.5, 0.6) is 0 Å². The van der Waals surface area contributed by atoms with E-state index in [-0.39, 0.29) is 13.2 Å². The molecule has 0 saturated heterocycles. The average molecular weight is 173 g/mol. The highest BCUT2D eigenvalue weighted by Gasteiger charge is 2.19. The highest BCUT2D eigenvalue weighted by atomic mass is 16.3. The zero-order valence-corrected chi connectivity index (χ0v) is 7.53. The summed E-state index contributed by atoms with van der Waals surface area (Å²) in [6, 6.07) is 2.06. The van der Waals surface area contributed by atoms with Crippen LogP contribution in [-0.4, -0.2) is 54.6 Å². The molecule has 4 nitrogen and oxygen atoms in total. The molecule has 70 valence electrons. The zero-order chi connectivity index (χ0) is 9.45. The first kappa shape index (κ1) is 11.4. The van der Waals surface area contributed by atoms with E-state index >= 15 is 0 Å². The van der Waals surface area contributed by atoms with Gasteiger partial charge in [0.2, 0.25) is 0 Å². The van der Waals surface area contributed by atoms with Crippen LogP contribution in [0.15, 0.2) is 0 Å². The Morgan fingerprint density at radius 1 is 1.17 bits per heavy atom. The highest BCUT2D eigenvalue weighted by Crippen LogP contribution is 2.02. The van der Waals surface area contributed by atoms with E-state index in [0.29, 0.717) is 30.5 Å². The van der Waals surface area contributed by atoms with Gasteiger partial charge in [0.15, 0.2) is 0 Å². The monoisotopic (exact) mass is 173 g/mol. The van der Waals surface area contributed by atoms with Gasteiger partial charge in [-0.1, -0.05) is 0 Å². The van der Waals surface area contributed by atoms with Crippen LogP contribution >= 0.6 is 0 Å². The van der Waals surface area contributed by atoms with Gasteiger partial charge in [0.1, 0.15) is 13.1 Å². The molecule has 0 fully saturated rings. The van der Waals surface area contributed by atoms with Gasteiger partial charge in [0, 0.05) is 0 Å². The molecule has 0 heterocycles. The third kappa shape index (κ3) is 4.29. The second-order valence-electron chi connectivity index (χ2n) is 3.15. The van der Waals surface area contributed by atoms with Crippen molar-refractivity contribution in [3.05, 3.63) is 0 Å². The Kier molecular flexibility index (Phi) is 5.64. The molecule has 0 radical (unpaired) electrons. The lowest BCUT2D eigenvalue weighted by Crippen LogP contribution is -2.48. The predicted octanol–water partition coefficient (Wildman–Crippen LogP) is -0.669. The van der Waals surface area contributed by atoms with Gasteiger partial charge < -0.3 is 14.7 Å². The second-order valence-corrected chi connectivity index (χ2v) is 3.15. The van der Waals surface area contributed by atoms with Gasteiger partial charge in [0.05, 0.1) is 39.3 Å². The molecule has 0 aromatic carbocycles. The van der Waals surface area contributed by atoms with E-state index in [0.717, 1.165) is 0 Å². The topological polar surface area (TPSA) is 64.2 Å². The van der Waals surface area contributed by atoms with Crippen molar-refractivity contribution in [3.63, 3.8) is 0 Å². The summed E-state index contributed by atoms with van der Waals surface area (Å²) in [5.41, 5.74) is 0. The molecule has 2 N–H and O–H groups in total.